The van der Waals surface area contributed by atoms with E-state index in [2.05, 4.69) is 15.9 Å². The molecular formula is C12H15BrO2. The molecule has 0 heterocycles. The Balaban J connectivity index is 2.58. The molecule has 0 aromatic heterocycles. The summed E-state index contributed by atoms with van der Waals surface area (Å²) in [5.74, 6) is 0.846. The zero-order valence-electron chi connectivity index (χ0n) is 9.01. The van der Waals surface area contributed by atoms with Crippen LogP contribution in [0.15, 0.2) is 16.6 Å². The summed E-state index contributed by atoms with van der Waals surface area (Å²) in [4.78, 5) is 0. The Labute approximate surface area is 98.4 Å². The van der Waals surface area contributed by atoms with Gasteiger partial charge in [0.15, 0.2) is 0 Å². The van der Waals surface area contributed by atoms with Gasteiger partial charge in [0.05, 0.1) is 12.7 Å². The molecule has 82 valence electrons. The van der Waals surface area contributed by atoms with Crippen LogP contribution < -0.4 is 4.74 Å². The highest BCUT2D eigenvalue weighted by molar-refractivity contribution is 9.10. The van der Waals surface area contributed by atoms with E-state index < -0.39 is 5.60 Å². The van der Waals surface area contributed by atoms with Crippen molar-refractivity contribution < 1.29 is 9.84 Å². The number of aliphatic hydroxyl groups is 1. The molecule has 1 atom stereocenters. The van der Waals surface area contributed by atoms with Gasteiger partial charge >= 0.3 is 0 Å². The number of methoxy groups -OCH3 is 1. The summed E-state index contributed by atoms with van der Waals surface area (Å²) in [6.07, 6.45) is 2.87. The van der Waals surface area contributed by atoms with E-state index in [0.717, 1.165) is 35.0 Å². The Bertz CT molecular complexity index is 385. The van der Waals surface area contributed by atoms with Crippen LogP contribution >= 0.6 is 15.9 Å². The van der Waals surface area contributed by atoms with Gasteiger partial charge in [-0.1, -0.05) is 15.9 Å². The number of fused-ring (bicyclic) bond motifs is 1. The Hall–Kier alpha value is -0.540. The third-order valence-electron chi connectivity index (χ3n) is 3.03. The maximum absolute atomic E-state index is 10.3. The molecule has 0 radical (unpaired) electrons. The topological polar surface area (TPSA) is 29.5 Å². The van der Waals surface area contributed by atoms with E-state index in [0.29, 0.717) is 0 Å². The number of aryl methyl sites for hydroxylation is 1. The highest BCUT2D eigenvalue weighted by atomic mass is 79.9. The zero-order valence-corrected chi connectivity index (χ0v) is 10.6. The molecule has 0 saturated heterocycles. The Morgan fingerprint density at radius 2 is 2.20 bits per heavy atom. The molecule has 1 unspecified atom stereocenters. The predicted octanol–water partition coefficient (Wildman–Crippen LogP) is 3.00. The zero-order chi connectivity index (χ0) is 11.1. The molecule has 2 nitrogen and oxygen atoms in total. The second kappa shape index (κ2) is 3.80. The lowest BCUT2D eigenvalue weighted by Crippen LogP contribution is -2.27. The first-order valence-electron chi connectivity index (χ1n) is 5.14. The number of ether oxygens (including phenoxy) is 1. The maximum atomic E-state index is 10.3. The molecular weight excluding hydrogens is 256 g/mol. The standard InChI is InChI=1S/C12H15BrO2/c1-12(14)5-3-4-8-6-9(15-2)7-10(13)11(8)12/h6-7,14H,3-5H2,1-2H3. The summed E-state index contributed by atoms with van der Waals surface area (Å²) >= 11 is 3.51. The molecule has 0 amide bonds. The smallest absolute Gasteiger partial charge is 0.120 e. The average Bonchev–Trinajstić information content (AvgIpc) is 2.15. The molecule has 2 rings (SSSR count). The highest BCUT2D eigenvalue weighted by Crippen LogP contribution is 2.41. The number of rotatable bonds is 1. The van der Waals surface area contributed by atoms with Gasteiger partial charge < -0.3 is 9.84 Å². The minimum absolute atomic E-state index is 0.710. The lowest BCUT2D eigenvalue weighted by molar-refractivity contribution is 0.0379. The predicted molar refractivity (Wildman–Crippen MR) is 63.2 cm³/mol. The van der Waals surface area contributed by atoms with Crippen molar-refractivity contribution in [3.05, 3.63) is 27.7 Å². The SMILES string of the molecule is COc1cc(Br)c2c(c1)CCCC2(C)O. The molecule has 0 spiro atoms. The van der Waals surface area contributed by atoms with E-state index in [1.165, 1.54) is 5.56 Å². The quantitative estimate of drug-likeness (QED) is 0.850. The Morgan fingerprint density at radius 3 is 2.87 bits per heavy atom. The molecule has 1 aliphatic rings. The van der Waals surface area contributed by atoms with Crippen LogP contribution in [-0.2, 0) is 12.0 Å². The molecule has 1 aromatic rings. The van der Waals surface area contributed by atoms with Crippen molar-refractivity contribution in [3.63, 3.8) is 0 Å². The highest BCUT2D eigenvalue weighted by Gasteiger charge is 2.31. The summed E-state index contributed by atoms with van der Waals surface area (Å²) in [5.41, 5.74) is 1.51. The average molecular weight is 271 g/mol. The van der Waals surface area contributed by atoms with Crippen LogP contribution in [0, 0.1) is 0 Å². The van der Waals surface area contributed by atoms with Crippen LogP contribution in [0.1, 0.15) is 30.9 Å². The van der Waals surface area contributed by atoms with Crippen LogP contribution in [0.4, 0.5) is 0 Å². The van der Waals surface area contributed by atoms with Crippen LogP contribution in [0.25, 0.3) is 0 Å². The second-order valence-electron chi connectivity index (χ2n) is 4.27. The fourth-order valence-electron chi connectivity index (χ4n) is 2.30. The molecule has 1 N–H and O–H groups in total. The monoisotopic (exact) mass is 270 g/mol. The fraction of sp³-hybridized carbons (Fsp3) is 0.500. The normalized spacial score (nSPS) is 24.8. The number of benzene rings is 1. The van der Waals surface area contributed by atoms with Gasteiger partial charge in [-0.25, -0.2) is 0 Å². The van der Waals surface area contributed by atoms with Crippen LogP contribution in [0.2, 0.25) is 0 Å². The Kier molecular flexibility index (Phi) is 2.77. The van der Waals surface area contributed by atoms with Gasteiger partial charge in [0.25, 0.3) is 0 Å². The van der Waals surface area contributed by atoms with E-state index in [9.17, 15) is 5.11 Å². The third-order valence-corrected chi connectivity index (χ3v) is 3.65. The Morgan fingerprint density at radius 1 is 1.47 bits per heavy atom. The van der Waals surface area contributed by atoms with Gasteiger partial charge in [-0.2, -0.15) is 0 Å². The summed E-state index contributed by atoms with van der Waals surface area (Å²) in [7, 11) is 1.66. The van der Waals surface area contributed by atoms with Gasteiger partial charge in [0.1, 0.15) is 5.75 Å². The summed E-state index contributed by atoms with van der Waals surface area (Å²) in [6, 6.07) is 3.94. The van der Waals surface area contributed by atoms with Gasteiger partial charge in [-0.15, -0.1) is 0 Å². The van der Waals surface area contributed by atoms with Gasteiger partial charge in [0.2, 0.25) is 0 Å². The number of hydrogen-bond donors (Lipinski definition) is 1. The van der Waals surface area contributed by atoms with E-state index in [-0.39, 0.29) is 0 Å². The minimum atomic E-state index is -0.710. The van der Waals surface area contributed by atoms with Crippen LogP contribution in [0.5, 0.6) is 5.75 Å². The van der Waals surface area contributed by atoms with E-state index in [4.69, 9.17) is 4.74 Å². The van der Waals surface area contributed by atoms with Crippen molar-refractivity contribution in [1.29, 1.82) is 0 Å². The van der Waals surface area contributed by atoms with Crippen LogP contribution in [0.3, 0.4) is 0 Å². The third kappa shape index (κ3) is 1.91. The number of hydrogen-bond acceptors (Lipinski definition) is 2. The molecule has 3 heteroatoms. The molecule has 0 bridgehead atoms. The van der Waals surface area contributed by atoms with Crippen molar-refractivity contribution in [2.45, 2.75) is 31.8 Å². The molecule has 1 aliphatic carbocycles. The first-order chi connectivity index (χ1) is 7.04. The van der Waals surface area contributed by atoms with Crippen LogP contribution in [-0.4, -0.2) is 12.2 Å². The van der Waals surface area contributed by atoms with E-state index in [1.807, 2.05) is 19.1 Å². The number of halogens is 1. The van der Waals surface area contributed by atoms with Crippen molar-refractivity contribution in [2.75, 3.05) is 7.11 Å². The largest absolute Gasteiger partial charge is 0.497 e. The van der Waals surface area contributed by atoms with Crippen molar-refractivity contribution >= 4 is 15.9 Å². The maximum Gasteiger partial charge on any atom is 0.120 e. The lowest BCUT2D eigenvalue weighted by atomic mass is 9.80. The van der Waals surface area contributed by atoms with E-state index >= 15 is 0 Å². The summed E-state index contributed by atoms with van der Waals surface area (Å²) in [6.45, 7) is 1.88. The van der Waals surface area contributed by atoms with Gasteiger partial charge in [-0.3, -0.25) is 0 Å². The van der Waals surface area contributed by atoms with Crippen molar-refractivity contribution in [2.24, 2.45) is 0 Å². The molecule has 0 fully saturated rings. The minimum Gasteiger partial charge on any atom is -0.497 e. The fourth-order valence-corrected chi connectivity index (χ4v) is 3.21. The summed E-state index contributed by atoms with van der Waals surface area (Å²) in [5, 5.41) is 10.3. The molecule has 1 aromatic carbocycles. The summed E-state index contributed by atoms with van der Waals surface area (Å²) < 4.78 is 6.16. The van der Waals surface area contributed by atoms with Gasteiger partial charge in [0, 0.05) is 10.0 Å². The molecule has 0 saturated carbocycles. The molecule has 15 heavy (non-hydrogen) atoms. The lowest BCUT2D eigenvalue weighted by Gasteiger charge is -2.32. The van der Waals surface area contributed by atoms with E-state index in [1.54, 1.807) is 7.11 Å². The molecule has 0 aliphatic heterocycles. The first kappa shape index (κ1) is 11.0. The second-order valence-corrected chi connectivity index (χ2v) is 5.13. The van der Waals surface area contributed by atoms with Crippen molar-refractivity contribution in [1.82, 2.24) is 0 Å². The van der Waals surface area contributed by atoms with Crippen molar-refractivity contribution in [3.8, 4) is 5.75 Å². The first-order valence-corrected chi connectivity index (χ1v) is 5.93. The van der Waals surface area contributed by atoms with Gasteiger partial charge in [-0.05, 0) is 43.9 Å².